The minimum atomic E-state index is -1.69. The minimum absolute atomic E-state index is 0.0404. The molecule has 0 saturated carbocycles. The summed E-state index contributed by atoms with van der Waals surface area (Å²) in [5.41, 5.74) is 16.5. The van der Waals surface area contributed by atoms with Gasteiger partial charge in [0.25, 0.3) is 0 Å². The summed E-state index contributed by atoms with van der Waals surface area (Å²) in [4.78, 5) is 93.0. The van der Waals surface area contributed by atoms with E-state index >= 15 is 0 Å². The van der Waals surface area contributed by atoms with E-state index in [9.17, 15) is 43.8 Å². The van der Waals surface area contributed by atoms with Gasteiger partial charge in [-0.15, -0.1) is 0 Å². The van der Waals surface area contributed by atoms with Crippen LogP contribution in [0, 0.1) is 11.8 Å². The number of amides is 6. The molecule has 0 unspecified atom stereocenters. The van der Waals surface area contributed by atoms with Gasteiger partial charge in [0.1, 0.15) is 36.3 Å². The molecule has 298 valence electrons. The molecule has 6 amide bonds. The highest BCUT2D eigenvalue weighted by Gasteiger charge is 2.35. The lowest BCUT2D eigenvalue weighted by Gasteiger charge is -2.29. The third kappa shape index (κ3) is 17.1. The Labute approximate surface area is 302 Å². The van der Waals surface area contributed by atoms with Crippen molar-refractivity contribution in [1.82, 2.24) is 31.9 Å². The number of carboxylic acid groups (broad SMARTS) is 1. The number of aliphatic hydroxyl groups is 3. The minimum Gasteiger partial charge on any atom is -0.480 e. The summed E-state index contributed by atoms with van der Waals surface area (Å²) in [7, 11) is 0. The zero-order valence-electron chi connectivity index (χ0n) is 30.5. The number of carbonyl (C=O) groups excluding carboxylic acids is 6. The first-order valence-electron chi connectivity index (χ1n) is 17.0. The molecule has 9 atom stereocenters. The second-order valence-electron chi connectivity index (χ2n) is 12.9. The summed E-state index contributed by atoms with van der Waals surface area (Å²) in [5, 5.41) is 52.6. The number of carboxylic acids is 1. The smallest absolute Gasteiger partial charge is 0.328 e. The molecule has 0 aliphatic carbocycles. The molecule has 52 heavy (non-hydrogen) atoms. The van der Waals surface area contributed by atoms with Gasteiger partial charge < -0.3 is 69.5 Å². The number of hydrogen-bond acceptors (Lipinski definition) is 12. The van der Waals surface area contributed by atoms with E-state index in [4.69, 9.17) is 27.4 Å². The Morgan fingerprint density at radius 2 is 1.17 bits per heavy atom. The van der Waals surface area contributed by atoms with E-state index in [1.54, 1.807) is 27.7 Å². The number of nitrogens with one attached hydrogen (secondary N) is 6. The fourth-order valence-electron chi connectivity index (χ4n) is 4.55. The van der Waals surface area contributed by atoms with Crippen molar-refractivity contribution in [2.24, 2.45) is 34.0 Å². The van der Waals surface area contributed by atoms with Gasteiger partial charge >= 0.3 is 5.97 Å². The highest BCUT2D eigenvalue weighted by Crippen LogP contribution is 2.10. The Balaban J connectivity index is 5.76. The predicted molar refractivity (Wildman–Crippen MR) is 188 cm³/mol. The molecule has 0 aliphatic heterocycles. The first kappa shape index (κ1) is 47.4. The maximum Gasteiger partial charge on any atom is 0.328 e. The van der Waals surface area contributed by atoms with Crippen LogP contribution in [-0.2, 0) is 33.6 Å². The molecule has 0 saturated heterocycles. The molecule has 0 spiro atoms. The summed E-state index contributed by atoms with van der Waals surface area (Å²) >= 11 is 0. The molecular formula is C31H58N10O11. The monoisotopic (exact) mass is 746 g/mol. The van der Waals surface area contributed by atoms with Crippen molar-refractivity contribution in [2.45, 2.75) is 116 Å². The summed E-state index contributed by atoms with van der Waals surface area (Å²) in [5.74, 6) is -7.57. The summed E-state index contributed by atoms with van der Waals surface area (Å²) in [6.45, 7) is 7.76. The fraction of sp³-hybridized carbons (Fsp3) is 0.742. The zero-order valence-corrected chi connectivity index (χ0v) is 30.5. The Bertz CT molecular complexity index is 1250. The van der Waals surface area contributed by atoms with E-state index < -0.39 is 109 Å². The highest BCUT2D eigenvalue weighted by molar-refractivity contribution is 5.97. The molecule has 0 rings (SSSR count). The van der Waals surface area contributed by atoms with Crippen LogP contribution in [0.15, 0.2) is 4.99 Å². The third-order valence-corrected chi connectivity index (χ3v) is 7.87. The van der Waals surface area contributed by atoms with Gasteiger partial charge in [0.15, 0.2) is 5.96 Å². The lowest BCUT2D eigenvalue weighted by atomic mass is 9.97. The average Bonchev–Trinajstić information content (AvgIpc) is 3.06. The van der Waals surface area contributed by atoms with Crippen molar-refractivity contribution in [2.75, 3.05) is 19.8 Å². The van der Waals surface area contributed by atoms with Crippen LogP contribution in [0.5, 0.6) is 0 Å². The van der Waals surface area contributed by atoms with Crippen molar-refractivity contribution in [3.05, 3.63) is 0 Å². The lowest BCUT2D eigenvalue weighted by molar-refractivity contribution is -0.143. The van der Waals surface area contributed by atoms with Crippen molar-refractivity contribution < 1.29 is 54.0 Å². The third-order valence-electron chi connectivity index (χ3n) is 7.87. The maximum absolute atomic E-state index is 13.3. The largest absolute Gasteiger partial charge is 0.480 e. The van der Waals surface area contributed by atoms with Gasteiger partial charge in [0, 0.05) is 6.54 Å². The Morgan fingerprint density at radius 1 is 0.673 bits per heavy atom. The number of guanidine groups is 1. The molecule has 21 nitrogen and oxygen atoms in total. The maximum atomic E-state index is 13.3. The van der Waals surface area contributed by atoms with Gasteiger partial charge in [0.05, 0.1) is 25.4 Å². The van der Waals surface area contributed by atoms with E-state index in [-0.39, 0.29) is 31.3 Å². The Morgan fingerprint density at radius 3 is 1.65 bits per heavy atom. The average molecular weight is 747 g/mol. The number of nitrogens with zero attached hydrogens (tertiary/aromatic N) is 1. The standard InChI is InChI=1S/C31H58N10O11/c1-7-15(4)22(40-25(46)18(32)9-8-10-35-31(33)34)28(49)38-20(12-42)27(48)41-23(17(6)44)29(50)37-19(11-14(2)3)26(47)36-16(5)24(45)39-21(13-43)30(51)52/h14-23,42-44H,7-13,32H2,1-6H3,(H,36,47)(H,37,50)(H,38,49)(H,39,45)(H,40,46)(H,41,48)(H,51,52)(H4,33,34,35)/t15-,16-,17+,18-,19-,20-,21-,22-,23-/m0/s1. The van der Waals surface area contributed by atoms with Crippen molar-refractivity contribution in [1.29, 1.82) is 0 Å². The highest BCUT2D eigenvalue weighted by atomic mass is 16.4. The topological polar surface area (TPSA) is 363 Å². The molecule has 16 N–H and O–H groups in total. The zero-order chi connectivity index (χ0) is 40.3. The van der Waals surface area contributed by atoms with Crippen molar-refractivity contribution >= 4 is 47.4 Å². The molecule has 0 heterocycles. The van der Waals surface area contributed by atoms with Gasteiger partial charge in [-0.05, 0) is 44.9 Å². The number of carbonyl (C=O) groups is 7. The van der Waals surface area contributed by atoms with Crippen molar-refractivity contribution in [3.63, 3.8) is 0 Å². The normalized spacial score (nSPS) is 16.3. The predicted octanol–water partition coefficient (Wildman–Crippen LogP) is -5.16. The van der Waals surface area contributed by atoms with Gasteiger partial charge in [-0.3, -0.25) is 33.8 Å². The molecule has 0 aromatic heterocycles. The van der Waals surface area contributed by atoms with Crippen LogP contribution < -0.4 is 49.1 Å². The Kier molecular flexibility index (Phi) is 21.7. The molecule has 21 heteroatoms. The van der Waals surface area contributed by atoms with Crippen LogP contribution in [0.25, 0.3) is 0 Å². The number of aliphatic carboxylic acids is 1. The molecule has 0 fully saturated rings. The fourth-order valence-corrected chi connectivity index (χ4v) is 4.55. The summed E-state index contributed by atoms with van der Waals surface area (Å²) < 4.78 is 0. The number of nitrogens with two attached hydrogens (primary N) is 3. The number of aliphatic imine (C=N–C) groups is 1. The van der Waals surface area contributed by atoms with E-state index in [0.29, 0.717) is 12.8 Å². The van der Waals surface area contributed by atoms with E-state index in [2.05, 4.69) is 36.9 Å². The van der Waals surface area contributed by atoms with E-state index in [1.807, 2.05) is 0 Å². The number of hydrogen-bond donors (Lipinski definition) is 13. The van der Waals surface area contributed by atoms with E-state index in [1.165, 1.54) is 13.8 Å². The van der Waals surface area contributed by atoms with Crippen LogP contribution in [0.1, 0.15) is 67.2 Å². The second kappa shape index (κ2) is 23.8. The van der Waals surface area contributed by atoms with Crippen LogP contribution in [-0.4, -0.2) is 136 Å². The molecule has 0 bridgehead atoms. The van der Waals surface area contributed by atoms with Crippen LogP contribution in [0.3, 0.4) is 0 Å². The van der Waals surface area contributed by atoms with Gasteiger partial charge in [0.2, 0.25) is 35.4 Å². The van der Waals surface area contributed by atoms with Gasteiger partial charge in [-0.25, -0.2) is 4.79 Å². The van der Waals surface area contributed by atoms with E-state index in [0.717, 1.165) is 0 Å². The molecule has 0 aromatic carbocycles. The molecule has 0 radical (unpaired) electrons. The van der Waals surface area contributed by atoms with Crippen LogP contribution in [0.4, 0.5) is 0 Å². The summed E-state index contributed by atoms with van der Waals surface area (Å²) in [6.07, 6.45) is -0.485. The van der Waals surface area contributed by atoms with Gasteiger partial charge in [-0.1, -0.05) is 34.1 Å². The first-order valence-corrected chi connectivity index (χ1v) is 17.0. The quantitative estimate of drug-likeness (QED) is 0.0250. The second-order valence-corrected chi connectivity index (χ2v) is 12.9. The first-order chi connectivity index (χ1) is 24.2. The number of aliphatic hydroxyl groups excluding tert-OH is 3. The Hall–Kier alpha value is -4.60. The molecular weight excluding hydrogens is 688 g/mol. The van der Waals surface area contributed by atoms with Gasteiger partial charge in [-0.2, -0.15) is 0 Å². The SMILES string of the molecule is CC[C@H](C)[C@H](NC(=O)[C@@H](N)CCCN=C(N)N)C(=O)N[C@@H](CO)C(=O)N[C@H](C(=O)N[C@@H](CC(C)C)C(=O)N[C@@H](C)C(=O)N[C@@H](CO)C(=O)O)[C@@H](C)O. The van der Waals surface area contributed by atoms with Crippen LogP contribution >= 0.6 is 0 Å². The molecule has 0 aromatic rings. The lowest BCUT2D eigenvalue weighted by Crippen LogP contribution is -2.62. The van der Waals surface area contributed by atoms with Crippen molar-refractivity contribution in [3.8, 4) is 0 Å². The summed E-state index contributed by atoms with van der Waals surface area (Å²) in [6, 6.07) is -9.70. The molecule has 0 aliphatic rings. The van der Waals surface area contributed by atoms with Crippen LogP contribution in [0.2, 0.25) is 0 Å². The number of rotatable bonds is 24.